The Bertz CT molecular complexity index is 1390. The number of rotatable bonds is 9. The van der Waals surface area contributed by atoms with Gasteiger partial charge in [0.25, 0.3) is 5.56 Å². The summed E-state index contributed by atoms with van der Waals surface area (Å²) in [7, 11) is 0. The van der Waals surface area contributed by atoms with Gasteiger partial charge in [-0.15, -0.1) is 0 Å². The highest BCUT2D eigenvalue weighted by molar-refractivity contribution is 7.99. The molecule has 2 aliphatic rings. The minimum atomic E-state index is -0.421. The van der Waals surface area contributed by atoms with Crippen LogP contribution in [0.15, 0.2) is 40.3 Å². The third kappa shape index (κ3) is 5.03. The molecule has 36 heavy (non-hydrogen) atoms. The van der Waals surface area contributed by atoms with Gasteiger partial charge in [0.2, 0.25) is 19.5 Å². The monoisotopic (exact) mass is 513 g/mol. The standard InChI is InChI=1S/C24H23N3O8S/c1-2-31-22(29)11-36-24-26-16-9-20-19(34-13-35-20)8-15(16)23(30)27(24)6-5-21(28)25-10-14-3-4-17-18(7-14)33-12-32-17/h3-4,7-9H,2,5-6,10-13H2,1H3,(H,25,28). The Hall–Kier alpha value is -3.93. The molecule has 12 heteroatoms. The highest BCUT2D eigenvalue weighted by atomic mass is 32.2. The van der Waals surface area contributed by atoms with Crippen molar-refractivity contribution in [2.45, 2.75) is 31.6 Å². The number of fused-ring (bicyclic) bond motifs is 3. The molecule has 0 radical (unpaired) electrons. The van der Waals surface area contributed by atoms with Crippen LogP contribution in [0.2, 0.25) is 0 Å². The van der Waals surface area contributed by atoms with E-state index in [1.54, 1.807) is 25.1 Å². The molecule has 188 valence electrons. The van der Waals surface area contributed by atoms with Gasteiger partial charge in [-0.25, -0.2) is 4.98 Å². The lowest BCUT2D eigenvalue weighted by Crippen LogP contribution is -2.29. The summed E-state index contributed by atoms with van der Waals surface area (Å²) in [5.41, 5.74) is 0.936. The first kappa shape index (κ1) is 23.8. The first-order chi connectivity index (χ1) is 17.5. The summed E-state index contributed by atoms with van der Waals surface area (Å²) in [5.74, 6) is 1.58. The van der Waals surface area contributed by atoms with Crippen LogP contribution < -0.4 is 29.8 Å². The fourth-order valence-corrected chi connectivity index (χ4v) is 4.60. The van der Waals surface area contributed by atoms with E-state index < -0.39 is 5.97 Å². The van der Waals surface area contributed by atoms with Crippen molar-refractivity contribution < 1.29 is 33.3 Å². The van der Waals surface area contributed by atoms with E-state index >= 15 is 0 Å². The van der Waals surface area contributed by atoms with Gasteiger partial charge in [-0.2, -0.15) is 0 Å². The minimum absolute atomic E-state index is 0.0212. The molecular weight excluding hydrogens is 490 g/mol. The third-order valence-electron chi connectivity index (χ3n) is 5.53. The van der Waals surface area contributed by atoms with Gasteiger partial charge in [0.15, 0.2) is 28.2 Å². The van der Waals surface area contributed by atoms with Gasteiger partial charge in [0.1, 0.15) is 0 Å². The second-order valence-electron chi connectivity index (χ2n) is 7.88. The first-order valence-corrected chi connectivity index (χ1v) is 12.3. The van der Waals surface area contributed by atoms with Crippen molar-refractivity contribution >= 4 is 34.5 Å². The Morgan fingerprint density at radius 3 is 2.56 bits per heavy atom. The number of benzene rings is 2. The topological polar surface area (TPSA) is 127 Å². The molecular formula is C24H23N3O8S. The Kier molecular flexibility index (Phi) is 6.85. The largest absolute Gasteiger partial charge is 0.465 e. The van der Waals surface area contributed by atoms with Crippen LogP contribution in [0.4, 0.5) is 0 Å². The maximum atomic E-state index is 13.4. The molecule has 1 N–H and O–H groups in total. The van der Waals surface area contributed by atoms with Crippen molar-refractivity contribution in [2.24, 2.45) is 0 Å². The molecule has 0 saturated carbocycles. The molecule has 3 heterocycles. The normalized spacial score (nSPS) is 13.1. The summed E-state index contributed by atoms with van der Waals surface area (Å²) in [5, 5.41) is 3.49. The molecule has 0 atom stereocenters. The molecule has 0 spiro atoms. The molecule has 0 bridgehead atoms. The van der Waals surface area contributed by atoms with Crippen LogP contribution in [0.1, 0.15) is 18.9 Å². The van der Waals surface area contributed by atoms with Crippen molar-refractivity contribution in [3.63, 3.8) is 0 Å². The smallest absolute Gasteiger partial charge is 0.316 e. The number of hydrogen-bond acceptors (Lipinski definition) is 10. The van der Waals surface area contributed by atoms with Gasteiger partial charge >= 0.3 is 5.97 Å². The number of esters is 1. The average molecular weight is 514 g/mol. The van der Waals surface area contributed by atoms with E-state index in [0.29, 0.717) is 45.6 Å². The molecule has 3 aromatic rings. The van der Waals surface area contributed by atoms with Crippen molar-refractivity contribution in [1.29, 1.82) is 0 Å². The number of amides is 1. The molecule has 2 aromatic carbocycles. The Morgan fingerprint density at radius 1 is 1.06 bits per heavy atom. The molecule has 0 fully saturated rings. The molecule has 2 aliphatic heterocycles. The minimum Gasteiger partial charge on any atom is -0.465 e. The highest BCUT2D eigenvalue weighted by Gasteiger charge is 2.20. The van der Waals surface area contributed by atoms with Crippen LogP contribution >= 0.6 is 11.8 Å². The van der Waals surface area contributed by atoms with Crippen LogP contribution in [-0.2, 0) is 27.4 Å². The van der Waals surface area contributed by atoms with Gasteiger partial charge in [-0.05, 0) is 30.7 Å². The van der Waals surface area contributed by atoms with Gasteiger partial charge in [0, 0.05) is 25.6 Å². The number of nitrogens with zero attached hydrogens (tertiary/aromatic N) is 2. The van der Waals surface area contributed by atoms with Crippen LogP contribution in [0.25, 0.3) is 10.9 Å². The number of thioether (sulfide) groups is 1. The van der Waals surface area contributed by atoms with Crippen molar-refractivity contribution in [2.75, 3.05) is 25.9 Å². The number of carbonyl (C=O) groups excluding carboxylic acids is 2. The fourth-order valence-electron chi connectivity index (χ4n) is 3.78. The number of nitrogens with one attached hydrogen (secondary N) is 1. The predicted octanol–water partition coefficient (Wildman–Crippen LogP) is 2.22. The zero-order valence-electron chi connectivity index (χ0n) is 19.4. The Morgan fingerprint density at radius 2 is 1.78 bits per heavy atom. The van der Waals surface area contributed by atoms with Crippen LogP contribution in [-0.4, -0.2) is 47.4 Å². The lowest BCUT2D eigenvalue weighted by molar-refractivity contribution is -0.139. The Labute approximate surface area is 209 Å². The van der Waals surface area contributed by atoms with E-state index in [0.717, 1.165) is 17.3 Å². The SMILES string of the molecule is CCOC(=O)CSc1nc2cc3c(cc2c(=O)n1CCC(=O)NCc1ccc2c(c1)OCO2)OCO3. The van der Waals surface area contributed by atoms with E-state index in [9.17, 15) is 14.4 Å². The van der Waals surface area contributed by atoms with E-state index in [1.165, 1.54) is 4.57 Å². The quantitative estimate of drug-likeness (QED) is 0.258. The predicted molar refractivity (Wildman–Crippen MR) is 129 cm³/mol. The van der Waals surface area contributed by atoms with Crippen molar-refractivity contribution in [1.82, 2.24) is 14.9 Å². The molecule has 5 rings (SSSR count). The van der Waals surface area contributed by atoms with Gasteiger partial charge in [-0.3, -0.25) is 19.0 Å². The zero-order chi connectivity index (χ0) is 25.1. The number of aromatic nitrogens is 2. The summed E-state index contributed by atoms with van der Waals surface area (Å²) in [6.45, 7) is 2.59. The van der Waals surface area contributed by atoms with Crippen molar-refractivity contribution in [3.05, 3.63) is 46.2 Å². The van der Waals surface area contributed by atoms with Gasteiger partial charge in [0.05, 0.1) is 23.3 Å². The summed E-state index contributed by atoms with van der Waals surface area (Å²) in [4.78, 5) is 42.4. The number of hydrogen-bond donors (Lipinski definition) is 1. The molecule has 0 unspecified atom stereocenters. The Balaban J connectivity index is 1.32. The summed E-state index contributed by atoms with van der Waals surface area (Å²) >= 11 is 1.08. The third-order valence-corrected chi connectivity index (χ3v) is 6.48. The van der Waals surface area contributed by atoms with Crippen LogP contribution in [0, 0.1) is 0 Å². The molecule has 0 aliphatic carbocycles. The van der Waals surface area contributed by atoms with Gasteiger partial charge in [-0.1, -0.05) is 17.8 Å². The molecule has 0 saturated heterocycles. The van der Waals surface area contributed by atoms with Crippen LogP contribution in [0.3, 0.4) is 0 Å². The lowest BCUT2D eigenvalue weighted by atomic mass is 10.2. The zero-order valence-corrected chi connectivity index (χ0v) is 20.2. The van der Waals surface area contributed by atoms with E-state index in [-0.39, 0.29) is 50.4 Å². The molecule has 1 amide bonds. The first-order valence-electron chi connectivity index (χ1n) is 11.3. The van der Waals surface area contributed by atoms with Crippen LogP contribution in [0.5, 0.6) is 23.0 Å². The number of ether oxygens (including phenoxy) is 5. The fraction of sp³-hybridized carbons (Fsp3) is 0.333. The second kappa shape index (κ2) is 10.4. The maximum Gasteiger partial charge on any atom is 0.316 e. The molecule has 1 aromatic heterocycles. The summed E-state index contributed by atoms with van der Waals surface area (Å²) in [6, 6.07) is 8.68. The lowest BCUT2D eigenvalue weighted by Gasteiger charge is -2.13. The highest BCUT2D eigenvalue weighted by Crippen LogP contribution is 2.35. The second-order valence-corrected chi connectivity index (χ2v) is 8.82. The summed E-state index contributed by atoms with van der Waals surface area (Å²) < 4.78 is 27.8. The number of carbonyl (C=O) groups is 2. The maximum absolute atomic E-state index is 13.4. The average Bonchev–Trinajstić information content (AvgIpc) is 3.53. The summed E-state index contributed by atoms with van der Waals surface area (Å²) in [6.07, 6.45) is 0.0369. The van der Waals surface area contributed by atoms with E-state index in [2.05, 4.69) is 10.3 Å². The van der Waals surface area contributed by atoms with E-state index in [1.807, 2.05) is 12.1 Å². The van der Waals surface area contributed by atoms with Gasteiger partial charge < -0.3 is 29.0 Å². The van der Waals surface area contributed by atoms with E-state index in [4.69, 9.17) is 23.7 Å². The molecule has 11 nitrogen and oxygen atoms in total. The van der Waals surface area contributed by atoms with Crippen molar-refractivity contribution in [3.8, 4) is 23.0 Å².